The van der Waals surface area contributed by atoms with Crippen LogP contribution in [0.1, 0.15) is 22.3 Å². The quantitative estimate of drug-likeness (QED) is 0.371. The summed E-state index contributed by atoms with van der Waals surface area (Å²) in [5.74, 6) is 0.562. The highest BCUT2D eigenvalue weighted by molar-refractivity contribution is 6.06. The molecule has 0 saturated carbocycles. The van der Waals surface area contributed by atoms with Crippen LogP contribution < -0.4 is 15.5 Å². The molecule has 10 nitrogen and oxygen atoms in total. The Labute approximate surface area is 214 Å². The number of carbonyl (C=O) groups is 1. The number of fused-ring (bicyclic) bond motifs is 2. The van der Waals surface area contributed by atoms with E-state index in [1.54, 1.807) is 19.5 Å². The van der Waals surface area contributed by atoms with Gasteiger partial charge in [-0.25, -0.2) is 9.97 Å². The number of aryl methyl sites for hydroxylation is 1. The van der Waals surface area contributed by atoms with Crippen molar-refractivity contribution in [1.29, 1.82) is 0 Å². The fourth-order valence-corrected chi connectivity index (χ4v) is 5.36. The van der Waals surface area contributed by atoms with E-state index in [4.69, 9.17) is 9.72 Å². The molecule has 0 spiro atoms. The van der Waals surface area contributed by atoms with Crippen molar-refractivity contribution >= 4 is 34.1 Å². The number of amides is 1. The minimum atomic E-state index is -0.348. The number of hydrogen-bond donors (Lipinski definition) is 3. The van der Waals surface area contributed by atoms with Gasteiger partial charge in [-0.2, -0.15) is 0 Å². The number of anilines is 3. The fraction of sp³-hybridized carbons (Fsp3) is 0.333. The van der Waals surface area contributed by atoms with Crippen LogP contribution in [-0.4, -0.2) is 63.4 Å². The van der Waals surface area contributed by atoms with E-state index >= 15 is 0 Å². The van der Waals surface area contributed by atoms with E-state index < -0.39 is 0 Å². The predicted octanol–water partition coefficient (Wildman–Crippen LogP) is 2.85. The van der Waals surface area contributed by atoms with Crippen molar-refractivity contribution in [1.82, 2.24) is 24.8 Å². The molecular weight excluding hydrogens is 470 g/mol. The highest BCUT2D eigenvalue weighted by atomic mass is 16.5. The molecule has 0 bridgehead atoms. The Hall–Kier alpha value is -4.02. The van der Waals surface area contributed by atoms with Gasteiger partial charge in [0.1, 0.15) is 11.5 Å². The molecule has 0 aliphatic carbocycles. The Morgan fingerprint density at radius 3 is 2.89 bits per heavy atom. The number of nitrogens with zero attached hydrogens (tertiary/aromatic N) is 5. The Kier molecular flexibility index (Phi) is 5.97. The predicted molar refractivity (Wildman–Crippen MR) is 141 cm³/mol. The number of ether oxygens (including phenoxy) is 1. The Morgan fingerprint density at radius 1 is 1.19 bits per heavy atom. The number of aliphatic hydroxyl groups is 1. The molecule has 10 heteroatoms. The summed E-state index contributed by atoms with van der Waals surface area (Å²) in [5.41, 5.74) is 5.65. The maximum atomic E-state index is 12.8. The molecule has 6 heterocycles. The summed E-state index contributed by atoms with van der Waals surface area (Å²) in [6, 6.07) is 7.86. The molecule has 37 heavy (non-hydrogen) atoms. The molecular formula is C27H29N7O3. The van der Waals surface area contributed by atoms with Gasteiger partial charge >= 0.3 is 0 Å². The number of rotatable bonds is 6. The Bertz CT molecular complexity index is 1470. The first kappa shape index (κ1) is 23.4. The van der Waals surface area contributed by atoms with Gasteiger partial charge in [-0.05, 0) is 30.7 Å². The highest BCUT2D eigenvalue weighted by Crippen LogP contribution is 2.36. The van der Waals surface area contributed by atoms with Gasteiger partial charge in [0, 0.05) is 68.6 Å². The normalized spacial score (nSPS) is 19.2. The van der Waals surface area contributed by atoms with Crippen molar-refractivity contribution in [2.75, 3.05) is 37.0 Å². The topological polar surface area (TPSA) is 117 Å². The molecule has 0 unspecified atom stereocenters. The van der Waals surface area contributed by atoms with Crippen molar-refractivity contribution in [3.63, 3.8) is 0 Å². The van der Waals surface area contributed by atoms with Gasteiger partial charge in [-0.1, -0.05) is 0 Å². The van der Waals surface area contributed by atoms with Gasteiger partial charge in [0.2, 0.25) is 0 Å². The molecule has 4 aromatic heterocycles. The van der Waals surface area contributed by atoms with Crippen LogP contribution in [0.5, 0.6) is 0 Å². The number of pyridine rings is 3. The van der Waals surface area contributed by atoms with E-state index in [2.05, 4.69) is 25.5 Å². The van der Waals surface area contributed by atoms with E-state index in [1.807, 2.05) is 48.3 Å². The van der Waals surface area contributed by atoms with Crippen molar-refractivity contribution in [2.45, 2.75) is 19.1 Å². The maximum absolute atomic E-state index is 12.8. The molecule has 190 valence electrons. The molecule has 0 aromatic carbocycles. The molecule has 6 rings (SSSR count). The molecule has 2 atom stereocenters. The second-order valence-electron chi connectivity index (χ2n) is 9.62. The Morgan fingerprint density at radius 2 is 2.08 bits per heavy atom. The SMILES string of the molecule is COC[C@H]1CN(c2ccc(Nc3cnc(-c4ccnc5c4ccn5C)c4c3C(=O)NC4)nc2)CC[C@@H]1O. The molecule has 2 aliphatic heterocycles. The van der Waals surface area contributed by atoms with Crippen LogP contribution in [0, 0.1) is 5.92 Å². The summed E-state index contributed by atoms with van der Waals surface area (Å²) < 4.78 is 7.24. The summed E-state index contributed by atoms with van der Waals surface area (Å²) >= 11 is 0. The number of methoxy groups -OCH3 is 1. The second-order valence-corrected chi connectivity index (χ2v) is 9.62. The lowest BCUT2D eigenvalue weighted by Crippen LogP contribution is -2.45. The van der Waals surface area contributed by atoms with Gasteiger partial charge in [0.05, 0.1) is 47.7 Å². The van der Waals surface area contributed by atoms with Crippen LogP contribution in [0.3, 0.4) is 0 Å². The van der Waals surface area contributed by atoms with Crippen LogP contribution in [-0.2, 0) is 18.3 Å². The molecule has 2 aliphatic rings. The van der Waals surface area contributed by atoms with Crippen molar-refractivity contribution in [3.05, 3.63) is 60.2 Å². The third-order valence-electron chi connectivity index (χ3n) is 7.31. The fourth-order valence-electron chi connectivity index (χ4n) is 5.36. The summed E-state index contributed by atoms with van der Waals surface area (Å²) in [6.07, 6.45) is 7.60. The largest absolute Gasteiger partial charge is 0.393 e. The van der Waals surface area contributed by atoms with E-state index in [9.17, 15) is 9.90 Å². The zero-order valence-corrected chi connectivity index (χ0v) is 20.8. The molecule has 0 radical (unpaired) electrons. The minimum absolute atomic E-state index is 0.0692. The minimum Gasteiger partial charge on any atom is -0.393 e. The number of carbonyl (C=O) groups excluding carboxylic acids is 1. The van der Waals surface area contributed by atoms with Gasteiger partial charge in [0.25, 0.3) is 5.91 Å². The van der Waals surface area contributed by atoms with Gasteiger partial charge < -0.3 is 29.9 Å². The highest BCUT2D eigenvalue weighted by Gasteiger charge is 2.29. The van der Waals surface area contributed by atoms with Crippen LogP contribution in [0.2, 0.25) is 0 Å². The standard InChI is InChI=1S/C27H29N7O3/c1-33-9-6-19-18(5-8-28-26(19)33)25-20-12-31-27(36)24(20)21(13-30-25)32-23-4-3-17(11-29-23)34-10-7-22(35)16(14-34)15-37-2/h3-6,8-9,11,13,16,22,35H,7,10,12,14-15H2,1-2H3,(H,29,32)(H,31,36)/t16-,22+/m1/s1. The maximum Gasteiger partial charge on any atom is 0.254 e. The number of aliphatic hydroxyl groups excluding tert-OH is 1. The number of nitrogens with one attached hydrogen (secondary N) is 2. The lowest BCUT2D eigenvalue weighted by Gasteiger charge is -2.37. The number of aromatic nitrogens is 4. The number of piperidine rings is 1. The van der Waals surface area contributed by atoms with Gasteiger partial charge in [-0.15, -0.1) is 0 Å². The van der Waals surface area contributed by atoms with E-state index in [0.29, 0.717) is 43.2 Å². The smallest absolute Gasteiger partial charge is 0.254 e. The zero-order valence-electron chi connectivity index (χ0n) is 20.8. The third-order valence-corrected chi connectivity index (χ3v) is 7.31. The first-order chi connectivity index (χ1) is 18.0. The first-order valence-electron chi connectivity index (χ1n) is 12.4. The third kappa shape index (κ3) is 4.17. The van der Waals surface area contributed by atoms with Crippen molar-refractivity contribution < 1.29 is 14.6 Å². The van der Waals surface area contributed by atoms with Gasteiger partial charge in [-0.3, -0.25) is 9.78 Å². The van der Waals surface area contributed by atoms with Crippen LogP contribution in [0.25, 0.3) is 22.3 Å². The lowest BCUT2D eigenvalue weighted by atomic mass is 9.95. The van der Waals surface area contributed by atoms with Crippen LogP contribution >= 0.6 is 0 Å². The van der Waals surface area contributed by atoms with Crippen molar-refractivity contribution in [3.8, 4) is 11.3 Å². The summed E-state index contributed by atoms with van der Waals surface area (Å²) in [6.45, 7) is 2.42. The number of hydrogen-bond acceptors (Lipinski definition) is 8. The van der Waals surface area contributed by atoms with E-state index in [0.717, 1.165) is 40.1 Å². The molecule has 3 N–H and O–H groups in total. The first-order valence-corrected chi connectivity index (χ1v) is 12.4. The molecule has 1 fully saturated rings. The molecule has 1 amide bonds. The second kappa shape index (κ2) is 9.45. The average Bonchev–Trinajstić information content (AvgIpc) is 3.49. The summed E-state index contributed by atoms with van der Waals surface area (Å²) in [7, 11) is 3.62. The lowest BCUT2D eigenvalue weighted by molar-refractivity contribution is 0.0359. The summed E-state index contributed by atoms with van der Waals surface area (Å²) in [5, 5.41) is 17.5. The zero-order chi connectivity index (χ0) is 25.5. The average molecular weight is 500 g/mol. The van der Waals surface area contributed by atoms with E-state index in [1.165, 1.54) is 0 Å². The molecule has 4 aromatic rings. The van der Waals surface area contributed by atoms with E-state index in [-0.39, 0.29) is 17.9 Å². The van der Waals surface area contributed by atoms with Crippen molar-refractivity contribution in [2.24, 2.45) is 13.0 Å². The van der Waals surface area contributed by atoms with Crippen LogP contribution in [0.4, 0.5) is 17.2 Å². The Balaban J connectivity index is 1.27. The van der Waals surface area contributed by atoms with Crippen LogP contribution in [0.15, 0.2) is 49.1 Å². The van der Waals surface area contributed by atoms with Gasteiger partial charge in [0.15, 0.2) is 0 Å². The summed E-state index contributed by atoms with van der Waals surface area (Å²) in [4.78, 5) is 28.9. The monoisotopic (exact) mass is 499 g/mol. The molecule has 1 saturated heterocycles.